The van der Waals surface area contributed by atoms with Crippen molar-refractivity contribution in [2.45, 2.75) is 33.6 Å². The molecule has 0 aliphatic carbocycles. The number of carbonyl (C=O) groups excluding carboxylic acids is 1. The van der Waals surface area contributed by atoms with E-state index in [-0.39, 0.29) is 5.78 Å². The lowest BCUT2D eigenvalue weighted by Gasteiger charge is -2.37. The van der Waals surface area contributed by atoms with Gasteiger partial charge in [0.2, 0.25) is 0 Å². The maximum Gasteiger partial charge on any atom is 0.180 e. The summed E-state index contributed by atoms with van der Waals surface area (Å²) >= 11 is 0. The van der Waals surface area contributed by atoms with E-state index in [0.29, 0.717) is 23.3 Å². The highest BCUT2D eigenvalue weighted by Gasteiger charge is 2.27. The van der Waals surface area contributed by atoms with E-state index in [1.54, 1.807) is 7.11 Å². The normalized spacial score (nSPS) is 18.8. The molecule has 2 rings (SSSR count). The standard InChI is InChI=1S/C17H25NO2/c1-13-6-7-14(16(10-13)20-4)15(19)11-18-9-5-8-17(2,3)12-18/h6-7,10H,5,8-9,11-12H2,1-4H3. The molecule has 0 atom stereocenters. The summed E-state index contributed by atoms with van der Waals surface area (Å²) in [4.78, 5) is 14.8. The fraction of sp³-hybridized carbons (Fsp3) is 0.588. The van der Waals surface area contributed by atoms with Crippen LogP contribution < -0.4 is 4.74 Å². The van der Waals surface area contributed by atoms with Crippen molar-refractivity contribution in [1.82, 2.24) is 4.90 Å². The van der Waals surface area contributed by atoms with E-state index in [0.717, 1.165) is 18.7 Å². The van der Waals surface area contributed by atoms with E-state index in [1.165, 1.54) is 12.8 Å². The second-order valence-corrected chi connectivity index (χ2v) is 6.61. The molecule has 1 heterocycles. The van der Waals surface area contributed by atoms with E-state index in [4.69, 9.17) is 4.74 Å². The van der Waals surface area contributed by atoms with Crippen molar-refractivity contribution in [1.29, 1.82) is 0 Å². The van der Waals surface area contributed by atoms with Gasteiger partial charge in [-0.2, -0.15) is 0 Å². The van der Waals surface area contributed by atoms with E-state index >= 15 is 0 Å². The number of hydrogen-bond donors (Lipinski definition) is 0. The predicted molar refractivity (Wildman–Crippen MR) is 81.5 cm³/mol. The third kappa shape index (κ3) is 3.60. The van der Waals surface area contributed by atoms with Crippen LogP contribution in [0.5, 0.6) is 5.75 Å². The third-order valence-electron chi connectivity index (χ3n) is 4.00. The van der Waals surface area contributed by atoms with Crippen molar-refractivity contribution >= 4 is 5.78 Å². The molecule has 1 aromatic rings. The number of nitrogens with zero attached hydrogens (tertiary/aromatic N) is 1. The highest BCUT2D eigenvalue weighted by molar-refractivity contribution is 6.00. The van der Waals surface area contributed by atoms with Crippen molar-refractivity contribution in [3.63, 3.8) is 0 Å². The minimum absolute atomic E-state index is 0.152. The molecule has 0 N–H and O–H groups in total. The summed E-state index contributed by atoms with van der Waals surface area (Å²) in [5, 5.41) is 0. The van der Waals surface area contributed by atoms with Crippen molar-refractivity contribution in [2.75, 3.05) is 26.7 Å². The van der Waals surface area contributed by atoms with Crippen LogP contribution in [0.1, 0.15) is 42.6 Å². The number of piperidine rings is 1. The summed E-state index contributed by atoms with van der Waals surface area (Å²) in [6.07, 6.45) is 2.41. The van der Waals surface area contributed by atoms with Crippen LogP contribution in [-0.2, 0) is 0 Å². The van der Waals surface area contributed by atoms with Gasteiger partial charge in [-0.05, 0) is 49.4 Å². The van der Waals surface area contributed by atoms with Crippen LogP contribution in [0.3, 0.4) is 0 Å². The van der Waals surface area contributed by atoms with Gasteiger partial charge in [0.25, 0.3) is 0 Å². The number of rotatable bonds is 4. The van der Waals surface area contributed by atoms with Gasteiger partial charge in [0, 0.05) is 6.54 Å². The Hall–Kier alpha value is -1.35. The number of carbonyl (C=O) groups is 1. The van der Waals surface area contributed by atoms with Crippen LogP contribution in [0.2, 0.25) is 0 Å². The first-order chi connectivity index (χ1) is 9.41. The first kappa shape index (κ1) is 15.0. The van der Waals surface area contributed by atoms with E-state index in [1.807, 2.05) is 25.1 Å². The Kier molecular flexibility index (Phi) is 4.48. The van der Waals surface area contributed by atoms with Gasteiger partial charge in [0.1, 0.15) is 5.75 Å². The molecule has 20 heavy (non-hydrogen) atoms. The Morgan fingerprint density at radius 3 is 2.80 bits per heavy atom. The molecule has 0 unspecified atom stereocenters. The maximum atomic E-state index is 12.5. The van der Waals surface area contributed by atoms with Gasteiger partial charge in [0.15, 0.2) is 5.78 Å². The SMILES string of the molecule is COc1cc(C)ccc1C(=O)CN1CCCC(C)(C)C1. The van der Waals surface area contributed by atoms with Gasteiger partial charge in [-0.3, -0.25) is 9.69 Å². The predicted octanol–water partition coefficient (Wildman–Crippen LogP) is 3.31. The highest BCUT2D eigenvalue weighted by Crippen LogP contribution is 2.29. The van der Waals surface area contributed by atoms with Gasteiger partial charge in [-0.15, -0.1) is 0 Å². The molecule has 0 bridgehead atoms. The van der Waals surface area contributed by atoms with Crippen molar-refractivity contribution < 1.29 is 9.53 Å². The smallest absolute Gasteiger partial charge is 0.180 e. The van der Waals surface area contributed by atoms with Gasteiger partial charge >= 0.3 is 0 Å². The molecule has 1 aliphatic rings. The summed E-state index contributed by atoms with van der Waals surface area (Å²) in [6, 6.07) is 5.77. The molecule has 0 aromatic heterocycles. The largest absolute Gasteiger partial charge is 0.496 e. The number of likely N-dealkylation sites (tertiary alicyclic amines) is 1. The lowest BCUT2D eigenvalue weighted by molar-refractivity contribution is 0.0807. The third-order valence-corrected chi connectivity index (χ3v) is 4.00. The quantitative estimate of drug-likeness (QED) is 0.790. The lowest BCUT2D eigenvalue weighted by atomic mass is 9.84. The topological polar surface area (TPSA) is 29.5 Å². The molecule has 1 saturated heterocycles. The number of hydrogen-bond acceptors (Lipinski definition) is 3. The average Bonchev–Trinajstić information content (AvgIpc) is 2.37. The first-order valence-electron chi connectivity index (χ1n) is 7.31. The zero-order valence-corrected chi connectivity index (χ0v) is 13.0. The number of aryl methyl sites for hydroxylation is 1. The van der Waals surface area contributed by atoms with Gasteiger partial charge in [-0.1, -0.05) is 19.9 Å². The Morgan fingerprint density at radius 2 is 2.15 bits per heavy atom. The highest BCUT2D eigenvalue weighted by atomic mass is 16.5. The Labute approximate surface area is 121 Å². The molecule has 0 saturated carbocycles. The maximum absolute atomic E-state index is 12.5. The zero-order chi connectivity index (χ0) is 14.8. The molecular formula is C17H25NO2. The van der Waals surface area contributed by atoms with Gasteiger partial charge in [-0.25, -0.2) is 0 Å². The molecule has 1 fully saturated rings. The Balaban J connectivity index is 2.08. The Morgan fingerprint density at radius 1 is 1.40 bits per heavy atom. The molecule has 1 aliphatic heterocycles. The zero-order valence-electron chi connectivity index (χ0n) is 13.0. The van der Waals surface area contributed by atoms with Crippen molar-refractivity contribution in [3.8, 4) is 5.75 Å². The number of benzene rings is 1. The second-order valence-electron chi connectivity index (χ2n) is 6.61. The second kappa shape index (κ2) is 5.96. The fourth-order valence-corrected chi connectivity index (χ4v) is 3.00. The van der Waals surface area contributed by atoms with Crippen LogP contribution in [0.4, 0.5) is 0 Å². The van der Waals surface area contributed by atoms with Crippen LogP contribution in [0.15, 0.2) is 18.2 Å². The summed E-state index contributed by atoms with van der Waals surface area (Å²) in [5.41, 5.74) is 2.12. The lowest BCUT2D eigenvalue weighted by Crippen LogP contribution is -2.42. The monoisotopic (exact) mass is 275 g/mol. The molecule has 3 heteroatoms. The molecule has 0 spiro atoms. The van der Waals surface area contributed by atoms with Crippen molar-refractivity contribution in [3.05, 3.63) is 29.3 Å². The van der Waals surface area contributed by atoms with E-state index in [2.05, 4.69) is 18.7 Å². The van der Waals surface area contributed by atoms with Crippen LogP contribution in [0, 0.1) is 12.3 Å². The average molecular weight is 275 g/mol. The number of ketones is 1. The van der Waals surface area contributed by atoms with Gasteiger partial charge < -0.3 is 4.74 Å². The van der Waals surface area contributed by atoms with Crippen molar-refractivity contribution in [2.24, 2.45) is 5.41 Å². The Bertz CT molecular complexity index is 494. The van der Waals surface area contributed by atoms with Crippen LogP contribution in [-0.4, -0.2) is 37.4 Å². The first-order valence-corrected chi connectivity index (χ1v) is 7.31. The minimum atomic E-state index is 0.152. The summed E-state index contributed by atoms with van der Waals surface area (Å²) in [7, 11) is 1.62. The molecule has 0 radical (unpaired) electrons. The summed E-state index contributed by atoms with van der Waals surface area (Å²) < 4.78 is 5.34. The molecule has 1 aromatic carbocycles. The van der Waals surface area contributed by atoms with E-state index < -0.39 is 0 Å². The van der Waals surface area contributed by atoms with Gasteiger partial charge in [0.05, 0.1) is 19.2 Å². The van der Waals surface area contributed by atoms with E-state index in [9.17, 15) is 4.79 Å². The minimum Gasteiger partial charge on any atom is -0.496 e. The van der Waals surface area contributed by atoms with Crippen LogP contribution in [0.25, 0.3) is 0 Å². The number of Topliss-reactive ketones (excluding diaryl/α,β-unsaturated/α-hetero) is 1. The molecule has 110 valence electrons. The molecule has 3 nitrogen and oxygen atoms in total. The number of ether oxygens (including phenoxy) is 1. The molecular weight excluding hydrogens is 250 g/mol. The van der Waals surface area contributed by atoms with Crippen LogP contribution >= 0.6 is 0 Å². The summed E-state index contributed by atoms with van der Waals surface area (Å²) in [6.45, 7) is 9.05. The number of methoxy groups -OCH3 is 1. The summed E-state index contributed by atoms with van der Waals surface area (Å²) in [5.74, 6) is 0.839. The fourth-order valence-electron chi connectivity index (χ4n) is 3.00. The molecule has 0 amide bonds.